The number of aromatic hydroxyl groups is 1. The first kappa shape index (κ1) is 8.37. The lowest BCUT2D eigenvalue weighted by Crippen LogP contribution is -1.71. The second-order valence-electron chi connectivity index (χ2n) is 1.72. The summed E-state index contributed by atoms with van der Waals surface area (Å²) < 4.78 is 1.39. The zero-order valence-electron chi connectivity index (χ0n) is 4.74. The van der Waals surface area contributed by atoms with E-state index in [-0.39, 0.29) is 5.75 Å². The van der Waals surface area contributed by atoms with Gasteiger partial charge in [-0.2, -0.15) is 0 Å². The van der Waals surface area contributed by atoms with Gasteiger partial charge >= 0.3 is 0 Å². The third-order valence-electron chi connectivity index (χ3n) is 0.990. The van der Waals surface area contributed by atoms with Crippen LogP contribution in [0.2, 0.25) is 5.02 Å². The van der Waals surface area contributed by atoms with Crippen molar-refractivity contribution in [3.05, 3.63) is 26.1 Å². The Bertz CT molecular complexity index is 212. The molecule has 1 aromatic carbocycles. The highest BCUT2D eigenvalue weighted by molar-refractivity contribution is 9.11. The number of phenolic OH excluding ortho intramolecular Hbond substituents is 1. The number of rotatable bonds is 0. The quantitative estimate of drug-likeness (QED) is 0.723. The SMILES string of the molecule is Oc1cc(Cl)c(Br)cc1Br. The highest BCUT2D eigenvalue weighted by atomic mass is 79.9. The minimum Gasteiger partial charge on any atom is -0.507 e. The molecule has 0 amide bonds. The van der Waals surface area contributed by atoms with E-state index in [1.54, 1.807) is 6.07 Å². The van der Waals surface area contributed by atoms with Crippen molar-refractivity contribution >= 4 is 43.5 Å². The molecule has 0 aromatic heterocycles. The minimum atomic E-state index is 0.146. The van der Waals surface area contributed by atoms with Crippen molar-refractivity contribution in [2.45, 2.75) is 0 Å². The summed E-state index contributed by atoms with van der Waals surface area (Å²) >= 11 is 12.0. The van der Waals surface area contributed by atoms with Crippen LogP contribution in [0.25, 0.3) is 0 Å². The molecule has 0 spiro atoms. The highest BCUT2D eigenvalue weighted by Gasteiger charge is 2.02. The molecule has 1 N–H and O–H groups in total. The Kier molecular flexibility index (Phi) is 2.61. The van der Waals surface area contributed by atoms with Crippen LogP contribution in [-0.4, -0.2) is 5.11 Å². The predicted molar refractivity (Wildman–Crippen MR) is 48.5 cm³/mol. The number of hydrogen-bond acceptors (Lipinski definition) is 1. The van der Waals surface area contributed by atoms with Gasteiger partial charge in [-0.3, -0.25) is 0 Å². The molecule has 0 aliphatic rings. The average molecular weight is 286 g/mol. The second-order valence-corrected chi connectivity index (χ2v) is 3.83. The first-order valence-corrected chi connectivity index (χ1v) is 4.41. The van der Waals surface area contributed by atoms with Crippen LogP contribution in [0.4, 0.5) is 0 Å². The van der Waals surface area contributed by atoms with Crippen molar-refractivity contribution < 1.29 is 5.11 Å². The second kappa shape index (κ2) is 3.11. The smallest absolute Gasteiger partial charge is 0.131 e. The molecule has 54 valence electrons. The van der Waals surface area contributed by atoms with Crippen LogP contribution in [0, 0.1) is 0 Å². The van der Waals surface area contributed by atoms with E-state index in [1.165, 1.54) is 6.07 Å². The van der Waals surface area contributed by atoms with Crippen LogP contribution in [0.3, 0.4) is 0 Å². The molecular formula is C6H3Br2ClO. The average Bonchev–Trinajstić information content (AvgIpc) is 1.84. The van der Waals surface area contributed by atoms with Crippen LogP contribution < -0.4 is 0 Å². The summed E-state index contributed by atoms with van der Waals surface area (Å²) in [5.74, 6) is 0.146. The van der Waals surface area contributed by atoms with Gasteiger partial charge in [-0.05, 0) is 37.9 Å². The maximum Gasteiger partial charge on any atom is 0.131 e. The van der Waals surface area contributed by atoms with Gasteiger partial charge in [0.2, 0.25) is 0 Å². The summed E-state index contributed by atoms with van der Waals surface area (Å²) in [4.78, 5) is 0. The molecule has 0 saturated heterocycles. The van der Waals surface area contributed by atoms with Crippen LogP contribution in [0.15, 0.2) is 21.1 Å². The largest absolute Gasteiger partial charge is 0.507 e. The first-order chi connectivity index (χ1) is 4.61. The van der Waals surface area contributed by atoms with Crippen LogP contribution in [0.1, 0.15) is 0 Å². The van der Waals surface area contributed by atoms with E-state index in [1.807, 2.05) is 0 Å². The van der Waals surface area contributed by atoms with Gasteiger partial charge in [0.15, 0.2) is 0 Å². The number of halogens is 3. The van der Waals surface area contributed by atoms with E-state index >= 15 is 0 Å². The van der Waals surface area contributed by atoms with Crippen LogP contribution >= 0.6 is 43.5 Å². The maximum atomic E-state index is 9.07. The molecule has 0 radical (unpaired) electrons. The van der Waals surface area contributed by atoms with Gasteiger partial charge in [-0.25, -0.2) is 0 Å². The molecule has 0 saturated carbocycles. The summed E-state index contributed by atoms with van der Waals surface area (Å²) in [6, 6.07) is 3.16. The number of hydrogen-bond donors (Lipinski definition) is 1. The maximum absolute atomic E-state index is 9.07. The Morgan fingerprint density at radius 2 is 1.80 bits per heavy atom. The topological polar surface area (TPSA) is 20.2 Å². The van der Waals surface area contributed by atoms with Gasteiger partial charge < -0.3 is 5.11 Å². The van der Waals surface area contributed by atoms with Crippen molar-refractivity contribution in [3.8, 4) is 5.75 Å². The summed E-state index contributed by atoms with van der Waals surface area (Å²) in [6.07, 6.45) is 0. The molecule has 0 unspecified atom stereocenters. The van der Waals surface area contributed by atoms with E-state index < -0.39 is 0 Å². The standard InChI is InChI=1S/C6H3Br2ClO/c7-3-1-4(8)6(10)2-5(3)9/h1-2,10H. The van der Waals surface area contributed by atoms with Crippen molar-refractivity contribution in [3.63, 3.8) is 0 Å². The first-order valence-electron chi connectivity index (χ1n) is 2.45. The van der Waals surface area contributed by atoms with Crippen molar-refractivity contribution in [1.29, 1.82) is 0 Å². The van der Waals surface area contributed by atoms with E-state index in [2.05, 4.69) is 31.9 Å². The molecule has 0 aliphatic heterocycles. The molecule has 0 bridgehead atoms. The molecule has 0 atom stereocenters. The monoisotopic (exact) mass is 284 g/mol. The fourth-order valence-corrected chi connectivity index (χ4v) is 1.66. The lowest BCUT2D eigenvalue weighted by molar-refractivity contribution is 0.472. The van der Waals surface area contributed by atoms with E-state index in [0.29, 0.717) is 9.50 Å². The van der Waals surface area contributed by atoms with Crippen LogP contribution in [0.5, 0.6) is 5.75 Å². The molecule has 4 heteroatoms. The van der Waals surface area contributed by atoms with Gasteiger partial charge in [0, 0.05) is 10.5 Å². The zero-order valence-corrected chi connectivity index (χ0v) is 8.66. The van der Waals surface area contributed by atoms with E-state index in [0.717, 1.165) is 4.47 Å². The van der Waals surface area contributed by atoms with Crippen molar-refractivity contribution in [2.75, 3.05) is 0 Å². The minimum absolute atomic E-state index is 0.146. The Morgan fingerprint density at radius 1 is 1.20 bits per heavy atom. The molecule has 0 fully saturated rings. The van der Waals surface area contributed by atoms with Gasteiger partial charge in [-0.1, -0.05) is 11.6 Å². The summed E-state index contributed by atoms with van der Waals surface area (Å²) in [7, 11) is 0. The Hall–Kier alpha value is 0.270. The van der Waals surface area contributed by atoms with Gasteiger partial charge in [0.1, 0.15) is 5.75 Å². The van der Waals surface area contributed by atoms with Crippen molar-refractivity contribution in [1.82, 2.24) is 0 Å². The number of phenols is 1. The molecule has 1 rings (SSSR count). The summed E-state index contributed by atoms with van der Waals surface area (Å²) in [5, 5.41) is 9.57. The fourth-order valence-electron chi connectivity index (χ4n) is 0.512. The third-order valence-corrected chi connectivity index (χ3v) is 2.82. The third kappa shape index (κ3) is 1.65. The summed E-state index contributed by atoms with van der Waals surface area (Å²) in [6.45, 7) is 0. The normalized spacial score (nSPS) is 9.90. The Labute approximate surface area is 80.3 Å². The van der Waals surface area contributed by atoms with E-state index in [4.69, 9.17) is 16.7 Å². The van der Waals surface area contributed by atoms with Gasteiger partial charge in [-0.15, -0.1) is 0 Å². The molecule has 1 nitrogen and oxygen atoms in total. The summed E-state index contributed by atoms with van der Waals surface area (Å²) in [5.41, 5.74) is 0. The predicted octanol–water partition coefficient (Wildman–Crippen LogP) is 3.57. The van der Waals surface area contributed by atoms with Gasteiger partial charge in [0.25, 0.3) is 0 Å². The van der Waals surface area contributed by atoms with Crippen LogP contribution in [-0.2, 0) is 0 Å². The fraction of sp³-hybridized carbons (Fsp3) is 0. The van der Waals surface area contributed by atoms with Gasteiger partial charge in [0.05, 0.1) is 9.50 Å². The zero-order chi connectivity index (χ0) is 7.72. The molecule has 0 heterocycles. The lowest BCUT2D eigenvalue weighted by atomic mass is 10.3. The molecule has 10 heavy (non-hydrogen) atoms. The lowest BCUT2D eigenvalue weighted by Gasteiger charge is -1.98. The molecule has 1 aromatic rings. The van der Waals surface area contributed by atoms with Crippen molar-refractivity contribution in [2.24, 2.45) is 0 Å². The molecular weight excluding hydrogens is 283 g/mol. The molecule has 0 aliphatic carbocycles. The van der Waals surface area contributed by atoms with E-state index in [9.17, 15) is 0 Å². The highest BCUT2D eigenvalue weighted by Crippen LogP contribution is 2.33. The Balaban J connectivity index is 3.28. The number of benzene rings is 1. The Morgan fingerprint density at radius 3 is 2.30 bits per heavy atom.